The molecule has 0 amide bonds. The van der Waals surface area contributed by atoms with Crippen molar-refractivity contribution >= 4 is 0 Å². The van der Waals surface area contributed by atoms with Crippen LogP contribution in [0.15, 0.2) is 12.2 Å². The molecule has 2 bridgehead atoms. The summed E-state index contributed by atoms with van der Waals surface area (Å²) in [4.78, 5) is 0. The number of allylic oxidation sites excluding steroid dienone is 2. The first-order valence-corrected chi connectivity index (χ1v) is 9.17. The molecule has 0 heterocycles. The summed E-state index contributed by atoms with van der Waals surface area (Å²) in [6.45, 7) is 7.82. The Labute approximate surface area is 130 Å². The maximum absolute atomic E-state index is 10.1. The lowest BCUT2D eigenvalue weighted by Gasteiger charge is -2.64. The number of aliphatic hydroxyl groups is 1. The highest BCUT2D eigenvalue weighted by molar-refractivity contribution is 5.25. The van der Waals surface area contributed by atoms with E-state index in [0.717, 1.165) is 11.8 Å². The van der Waals surface area contributed by atoms with Crippen molar-refractivity contribution in [3.05, 3.63) is 12.2 Å². The zero-order chi connectivity index (χ0) is 14.9. The topological polar surface area (TPSA) is 20.2 Å². The molecule has 0 aliphatic heterocycles. The molecule has 4 rings (SSSR count). The maximum atomic E-state index is 10.1. The van der Waals surface area contributed by atoms with Crippen molar-refractivity contribution in [2.75, 3.05) is 6.61 Å². The summed E-state index contributed by atoms with van der Waals surface area (Å²) in [5.74, 6) is 1.60. The van der Waals surface area contributed by atoms with E-state index in [0.29, 0.717) is 22.9 Å². The largest absolute Gasteiger partial charge is 0.396 e. The first-order chi connectivity index (χ1) is 9.86. The van der Waals surface area contributed by atoms with Crippen LogP contribution in [0.3, 0.4) is 0 Å². The molecule has 1 nitrogen and oxygen atoms in total. The van der Waals surface area contributed by atoms with Crippen LogP contribution in [-0.4, -0.2) is 11.7 Å². The average Bonchev–Trinajstić information content (AvgIpc) is 2.69. The number of fused-ring (bicyclic) bond motifs is 3. The van der Waals surface area contributed by atoms with Crippen LogP contribution in [-0.2, 0) is 0 Å². The Kier molecular flexibility index (Phi) is 2.83. The van der Waals surface area contributed by atoms with Gasteiger partial charge < -0.3 is 5.11 Å². The third-order valence-electron chi connectivity index (χ3n) is 8.41. The summed E-state index contributed by atoms with van der Waals surface area (Å²) < 4.78 is 0. The van der Waals surface area contributed by atoms with Crippen molar-refractivity contribution in [3.63, 3.8) is 0 Å². The summed E-state index contributed by atoms with van der Waals surface area (Å²) in [7, 11) is 0. The van der Waals surface area contributed by atoms with E-state index in [1.807, 2.05) is 0 Å². The van der Waals surface area contributed by atoms with Gasteiger partial charge in [-0.05, 0) is 78.4 Å². The molecule has 0 aromatic carbocycles. The Bertz CT molecular complexity index is 482. The van der Waals surface area contributed by atoms with E-state index in [4.69, 9.17) is 0 Å². The molecule has 4 aliphatic carbocycles. The molecule has 0 unspecified atom stereocenters. The predicted molar refractivity (Wildman–Crippen MR) is 86.9 cm³/mol. The van der Waals surface area contributed by atoms with Crippen LogP contribution in [0.1, 0.15) is 72.1 Å². The molecule has 3 saturated carbocycles. The van der Waals surface area contributed by atoms with Gasteiger partial charge in [0.25, 0.3) is 0 Å². The fourth-order valence-corrected chi connectivity index (χ4v) is 7.46. The summed E-state index contributed by atoms with van der Waals surface area (Å²) >= 11 is 0. The van der Waals surface area contributed by atoms with Crippen molar-refractivity contribution in [2.45, 2.75) is 72.1 Å². The minimum Gasteiger partial charge on any atom is -0.396 e. The highest BCUT2D eigenvalue weighted by Gasteiger charge is 2.63. The van der Waals surface area contributed by atoms with Gasteiger partial charge in [0.15, 0.2) is 0 Å². The fourth-order valence-electron chi connectivity index (χ4n) is 7.46. The smallest absolute Gasteiger partial charge is 0.0487 e. The second kappa shape index (κ2) is 4.16. The van der Waals surface area contributed by atoms with Gasteiger partial charge >= 0.3 is 0 Å². The van der Waals surface area contributed by atoms with E-state index >= 15 is 0 Å². The van der Waals surface area contributed by atoms with Gasteiger partial charge in [-0.2, -0.15) is 0 Å². The monoisotopic (exact) mass is 288 g/mol. The van der Waals surface area contributed by atoms with Gasteiger partial charge in [0.1, 0.15) is 0 Å². The van der Waals surface area contributed by atoms with Gasteiger partial charge in [0.2, 0.25) is 0 Å². The normalized spacial score (nSPS) is 58.7. The minimum absolute atomic E-state index is 0.178. The van der Waals surface area contributed by atoms with Crippen molar-refractivity contribution in [1.29, 1.82) is 0 Å². The van der Waals surface area contributed by atoms with Gasteiger partial charge in [-0.3, -0.25) is 0 Å². The highest BCUT2D eigenvalue weighted by atomic mass is 16.3. The van der Waals surface area contributed by atoms with E-state index in [1.54, 1.807) is 0 Å². The third kappa shape index (κ3) is 1.73. The Balaban J connectivity index is 1.74. The van der Waals surface area contributed by atoms with Crippen LogP contribution in [0, 0.1) is 33.5 Å². The van der Waals surface area contributed by atoms with Crippen LogP contribution < -0.4 is 0 Å². The lowest BCUT2D eigenvalue weighted by Crippen LogP contribution is -2.57. The first kappa shape index (κ1) is 14.3. The van der Waals surface area contributed by atoms with E-state index in [1.165, 1.54) is 51.4 Å². The van der Waals surface area contributed by atoms with E-state index in [-0.39, 0.29) is 5.41 Å². The molecule has 4 aliphatic rings. The number of rotatable bonds is 1. The molecule has 118 valence electrons. The van der Waals surface area contributed by atoms with Gasteiger partial charge in [0.05, 0.1) is 0 Å². The molecule has 1 N–H and O–H groups in total. The van der Waals surface area contributed by atoms with Gasteiger partial charge in [-0.25, -0.2) is 0 Å². The fraction of sp³-hybridized carbons (Fsp3) is 0.900. The number of hydrogen-bond acceptors (Lipinski definition) is 1. The zero-order valence-corrected chi connectivity index (χ0v) is 14.1. The molecule has 1 spiro atoms. The Morgan fingerprint density at radius 3 is 2.48 bits per heavy atom. The van der Waals surface area contributed by atoms with Crippen molar-refractivity contribution < 1.29 is 5.11 Å². The lowest BCUT2D eigenvalue weighted by atomic mass is 9.40. The standard InChI is InChI=1S/C20H32O/c1-17-9-5-16-19(3)8-4-7-18(2,14-21)15(19)6-10-20(16,13-17)12-11-17/h11-12,15-16,21H,4-10,13-14H2,1-3H3/t15-,16-,17-,18-,19-,20+/m1/s1. The minimum atomic E-state index is 0.178. The summed E-state index contributed by atoms with van der Waals surface area (Å²) in [5, 5.41) is 10.1. The third-order valence-corrected chi connectivity index (χ3v) is 8.41. The molecular weight excluding hydrogens is 256 g/mol. The molecule has 1 heteroatoms. The van der Waals surface area contributed by atoms with Gasteiger partial charge in [-0.15, -0.1) is 0 Å². The molecule has 0 aromatic rings. The summed E-state index contributed by atoms with van der Waals surface area (Å²) in [5.41, 5.74) is 1.64. The zero-order valence-electron chi connectivity index (χ0n) is 14.1. The molecule has 0 saturated heterocycles. The Morgan fingerprint density at radius 2 is 1.71 bits per heavy atom. The number of hydrogen-bond donors (Lipinski definition) is 1. The molecule has 21 heavy (non-hydrogen) atoms. The summed E-state index contributed by atoms with van der Waals surface area (Å²) in [6, 6.07) is 0. The Hall–Kier alpha value is -0.300. The van der Waals surface area contributed by atoms with Crippen molar-refractivity contribution in [1.82, 2.24) is 0 Å². The lowest BCUT2D eigenvalue weighted by molar-refractivity contribution is -0.154. The molecule has 0 radical (unpaired) electrons. The van der Waals surface area contributed by atoms with Crippen molar-refractivity contribution in [2.24, 2.45) is 33.5 Å². The highest BCUT2D eigenvalue weighted by Crippen LogP contribution is 2.71. The van der Waals surface area contributed by atoms with Crippen LogP contribution >= 0.6 is 0 Å². The predicted octanol–water partition coefficient (Wildman–Crippen LogP) is 4.95. The van der Waals surface area contributed by atoms with Crippen LogP contribution in [0.4, 0.5) is 0 Å². The van der Waals surface area contributed by atoms with Crippen molar-refractivity contribution in [3.8, 4) is 0 Å². The van der Waals surface area contributed by atoms with Gasteiger partial charge in [0, 0.05) is 6.61 Å². The summed E-state index contributed by atoms with van der Waals surface area (Å²) in [6.07, 6.45) is 16.1. The van der Waals surface area contributed by atoms with Crippen LogP contribution in [0.25, 0.3) is 0 Å². The molecular formula is C20H32O. The van der Waals surface area contributed by atoms with E-state index in [9.17, 15) is 5.11 Å². The molecule has 6 atom stereocenters. The maximum Gasteiger partial charge on any atom is 0.0487 e. The Morgan fingerprint density at radius 1 is 0.952 bits per heavy atom. The van der Waals surface area contributed by atoms with Gasteiger partial charge in [-0.1, -0.05) is 39.3 Å². The molecule has 3 fully saturated rings. The SMILES string of the molecule is C[C@]12C=C[C@@]3(CC[C@@H]4[C@@](C)(CO)CCC[C@@]4(C)[C@H]3CC1)C2. The van der Waals surface area contributed by atoms with Crippen LogP contribution in [0.5, 0.6) is 0 Å². The molecule has 0 aromatic heterocycles. The second-order valence-electron chi connectivity index (χ2n) is 9.75. The van der Waals surface area contributed by atoms with Crippen LogP contribution in [0.2, 0.25) is 0 Å². The van der Waals surface area contributed by atoms with E-state index in [2.05, 4.69) is 32.9 Å². The first-order valence-electron chi connectivity index (χ1n) is 9.17. The quantitative estimate of drug-likeness (QED) is 0.677. The van der Waals surface area contributed by atoms with E-state index < -0.39 is 0 Å². The average molecular weight is 288 g/mol. The number of aliphatic hydroxyl groups excluding tert-OH is 1. The second-order valence-corrected chi connectivity index (χ2v) is 9.75.